The van der Waals surface area contributed by atoms with Crippen LogP contribution in [-0.2, 0) is 4.74 Å². The first kappa shape index (κ1) is 22.4. The molecule has 3 aliphatic rings. The molecule has 2 aliphatic heterocycles. The number of piperazine rings is 1. The van der Waals surface area contributed by atoms with E-state index in [-0.39, 0.29) is 6.09 Å². The fourth-order valence-electron chi connectivity index (χ4n) is 5.48. The second-order valence-electron chi connectivity index (χ2n) is 10.6. The van der Waals surface area contributed by atoms with Crippen molar-refractivity contribution >= 4 is 11.8 Å². The minimum Gasteiger partial charge on any atom is -0.444 e. The Hall–Kier alpha value is -1.75. The molecule has 0 spiro atoms. The van der Waals surface area contributed by atoms with Crippen molar-refractivity contribution in [2.45, 2.75) is 83.3 Å². The Kier molecular flexibility index (Phi) is 7.10. The van der Waals surface area contributed by atoms with E-state index in [1.165, 1.54) is 37.8 Å². The van der Waals surface area contributed by atoms with E-state index in [1.807, 2.05) is 25.7 Å². The molecule has 0 aromatic heterocycles. The van der Waals surface area contributed by atoms with E-state index in [4.69, 9.17) is 4.74 Å². The van der Waals surface area contributed by atoms with Crippen molar-refractivity contribution in [1.82, 2.24) is 9.80 Å². The Morgan fingerprint density at radius 1 is 0.839 bits per heavy atom. The highest BCUT2D eigenvalue weighted by molar-refractivity contribution is 5.68. The lowest BCUT2D eigenvalue weighted by Gasteiger charge is -2.43. The summed E-state index contributed by atoms with van der Waals surface area (Å²) in [5, 5.41) is 0. The Morgan fingerprint density at radius 3 is 2.03 bits per heavy atom. The molecule has 0 atom stereocenters. The molecule has 2 heterocycles. The van der Waals surface area contributed by atoms with Crippen molar-refractivity contribution in [3.05, 3.63) is 29.8 Å². The smallest absolute Gasteiger partial charge is 0.410 e. The standard InChI is InChI=1S/C26H41N3O2/c1-26(2,3)31-25(30)29-15-13-24(14-16-29)28-19-17-27(18-20-28)23-11-9-22(10-12-23)21-7-5-4-6-8-21/h9-12,21,24H,4-8,13-20H2,1-3H3. The summed E-state index contributed by atoms with van der Waals surface area (Å²) >= 11 is 0. The van der Waals surface area contributed by atoms with Gasteiger partial charge in [-0.05, 0) is 70.1 Å². The van der Waals surface area contributed by atoms with Crippen LogP contribution >= 0.6 is 0 Å². The van der Waals surface area contributed by atoms with Gasteiger partial charge in [0.2, 0.25) is 0 Å². The monoisotopic (exact) mass is 427 g/mol. The van der Waals surface area contributed by atoms with E-state index in [0.717, 1.165) is 58.0 Å². The number of likely N-dealkylation sites (tertiary alicyclic amines) is 1. The zero-order valence-corrected chi connectivity index (χ0v) is 19.8. The van der Waals surface area contributed by atoms with Crippen LogP contribution in [0.5, 0.6) is 0 Å². The van der Waals surface area contributed by atoms with Gasteiger partial charge in [0, 0.05) is 51.0 Å². The number of ether oxygens (including phenoxy) is 1. The fourth-order valence-corrected chi connectivity index (χ4v) is 5.48. The second-order valence-corrected chi connectivity index (χ2v) is 10.6. The van der Waals surface area contributed by atoms with Crippen LogP contribution in [0.2, 0.25) is 0 Å². The molecule has 0 radical (unpaired) electrons. The molecule has 1 saturated carbocycles. The van der Waals surface area contributed by atoms with Crippen molar-refractivity contribution in [2.75, 3.05) is 44.2 Å². The number of benzene rings is 1. The van der Waals surface area contributed by atoms with Gasteiger partial charge < -0.3 is 14.5 Å². The molecular weight excluding hydrogens is 386 g/mol. The Labute approximate surface area is 188 Å². The first-order valence-corrected chi connectivity index (χ1v) is 12.5. The molecule has 0 unspecified atom stereocenters. The summed E-state index contributed by atoms with van der Waals surface area (Å²) in [6, 6.07) is 10.0. The third-order valence-electron chi connectivity index (χ3n) is 7.28. The van der Waals surface area contributed by atoms with Crippen LogP contribution in [0.1, 0.15) is 77.2 Å². The van der Waals surface area contributed by atoms with Crippen molar-refractivity contribution in [3.8, 4) is 0 Å². The number of anilines is 1. The number of amides is 1. The van der Waals surface area contributed by atoms with Crippen LogP contribution in [-0.4, -0.2) is 66.8 Å². The number of hydrogen-bond acceptors (Lipinski definition) is 4. The van der Waals surface area contributed by atoms with Gasteiger partial charge in [0.25, 0.3) is 0 Å². The minimum absolute atomic E-state index is 0.160. The molecule has 1 aromatic rings. The fraction of sp³-hybridized carbons (Fsp3) is 0.731. The summed E-state index contributed by atoms with van der Waals surface area (Å²) in [6.07, 6.45) is 8.88. The lowest BCUT2D eigenvalue weighted by molar-refractivity contribution is 0.0140. The van der Waals surface area contributed by atoms with Crippen molar-refractivity contribution in [2.24, 2.45) is 0 Å². The molecule has 0 N–H and O–H groups in total. The van der Waals surface area contributed by atoms with Gasteiger partial charge in [-0.15, -0.1) is 0 Å². The third kappa shape index (κ3) is 5.94. The highest BCUT2D eigenvalue weighted by atomic mass is 16.6. The molecule has 5 heteroatoms. The molecule has 3 fully saturated rings. The Morgan fingerprint density at radius 2 is 1.45 bits per heavy atom. The minimum atomic E-state index is -0.418. The van der Waals surface area contributed by atoms with Crippen LogP contribution in [0.15, 0.2) is 24.3 Å². The lowest BCUT2D eigenvalue weighted by atomic mass is 9.84. The number of hydrogen-bond donors (Lipinski definition) is 0. The maximum Gasteiger partial charge on any atom is 0.410 e. The first-order valence-electron chi connectivity index (χ1n) is 12.5. The molecule has 172 valence electrons. The molecule has 0 bridgehead atoms. The Bertz CT molecular complexity index is 705. The largest absolute Gasteiger partial charge is 0.444 e. The third-order valence-corrected chi connectivity index (χ3v) is 7.28. The quantitative estimate of drug-likeness (QED) is 0.660. The molecule has 1 aromatic carbocycles. The normalized spacial score (nSPS) is 22.5. The number of nitrogens with zero attached hydrogens (tertiary/aromatic N) is 3. The predicted molar refractivity (Wildman–Crippen MR) is 127 cm³/mol. The van der Waals surface area contributed by atoms with Crippen LogP contribution < -0.4 is 4.90 Å². The van der Waals surface area contributed by atoms with Crippen LogP contribution in [0.25, 0.3) is 0 Å². The molecule has 5 nitrogen and oxygen atoms in total. The highest BCUT2D eigenvalue weighted by Gasteiger charge is 2.31. The molecule has 31 heavy (non-hydrogen) atoms. The van der Waals surface area contributed by atoms with Gasteiger partial charge in [-0.2, -0.15) is 0 Å². The Balaban J connectivity index is 1.22. The molecule has 1 aliphatic carbocycles. The SMILES string of the molecule is CC(C)(C)OC(=O)N1CCC(N2CCN(c3ccc(C4CCCCC4)cc3)CC2)CC1. The van der Waals surface area contributed by atoms with Crippen LogP contribution in [0.3, 0.4) is 0 Å². The second kappa shape index (κ2) is 9.81. The predicted octanol–water partition coefficient (Wildman–Crippen LogP) is 5.26. The van der Waals surface area contributed by atoms with E-state index in [9.17, 15) is 4.79 Å². The summed E-state index contributed by atoms with van der Waals surface area (Å²) in [6.45, 7) is 11.8. The molecule has 1 amide bonds. The molecular formula is C26H41N3O2. The van der Waals surface area contributed by atoms with Gasteiger partial charge in [0.15, 0.2) is 0 Å². The number of piperidine rings is 1. The van der Waals surface area contributed by atoms with E-state index in [0.29, 0.717) is 6.04 Å². The summed E-state index contributed by atoms with van der Waals surface area (Å²) in [5.74, 6) is 0.784. The zero-order chi connectivity index (χ0) is 21.8. The van der Waals surface area contributed by atoms with Crippen LogP contribution in [0.4, 0.5) is 10.5 Å². The van der Waals surface area contributed by atoms with E-state index < -0.39 is 5.60 Å². The summed E-state index contributed by atoms with van der Waals surface area (Å²) in [5.41, 5.74) is 2.50. The maximum atomic E-state index is 12.3. The van der Waals surface area contributed by atoms with Crippen molar-refractivity contribution in [1.29, 1.82) is 0 Å². The van der Waals surface area contributed by atoms with Gasteiger partial charge in [-0.25, -0.2) is 4.79 Å². The number of carbonyl (C=O) groups excluding carboxylic acids is 1. The summed E-state index contributed by atoms with van der Waals surface area (Å²) < 4.78 is 5.53. The van der Waals surface area contributed by atoms with E-state index in [2.05, 4.69) is 34.1 Å². The first-order chi connectivity index (χ1) is 14.9. The topological polar surface area (TPSA) is 36.0 Å². The van der Waals surface area contributed by atoms with Gasteiger partial charge in [0.1, 0.15) is 5.60 Å². The van der Waals surface area contributed by atoms with Gasteiger partial charge in [-0.3, -0.25) is 4.90 Å². The highest BCUT2D eigenvalue weighted by Crippen LogP contribution is 2.33. The average Bonchev–Trinajstić information content (AvgIpc) is 2.79. The van der Waals surface area contributed by atoms with Crippen LogP contribution in [0, 0.1) is 0 Å². The zero-order valence-electron chi connectivity index (χ0n) is 19.8. The van der Waals surface area contributed by atoms with Crippen molar-refractivity contribution < 1.29 is 9.53 Å². The number of rotatable bonds is 3. The van der Waals surface area contributed by atoms with Crippen molar-refractivity contribution in [3.63, 3.8) is 0 Å². The average molecular weight is 428 g/mol. The number of carbonyl (C=O) groups is 1. The molecule has 2 saturated heterocycles. The summed E-state index contributed by atoms with van der Waals surface area (Å²) in [7, 11) is 0. The summed E-state index contributed by atoms with van der Waals surface area (Å²) in [4.78, 5) is 19.4. The lowest BCUT2D eigenvalue weighted by Crippen LogP contribution is -2.54. The van der Waals surface area contributed by atoms with E-state index in [1.54, 1.807) is 5.56 Å². The van der Waals surface area contributed by atoms with Gasteiger partial charge in [-0.1, -0.05) is 31.4 Å². The van der Waals surface area contributed by atoms with E-state index >= 15 is 0 Å². The van der Waals surface area contributed by atoms with Gasteiger partial charge in [0.05, 0.1) is 0 Å². The molecule has 4 rings (SSSR count). The van der Waals surface area contributed by atoms with Gasteiger partial charge >= 0.3 is 6.09 Å². The maximum absolute atomic E-state index is 12.3.